The van der Waals surface area contributed by atoms with Crippen molar-refractivity contribution >= 4 is 17.4 Å². The van der Waals surface area contributed by atoms with E-state index in [0.717, 1.165) is 10.5 Å². The Hall–Kier alpha value is -1.82. The summed E-state index contributed by atoms with van der Waals surface area (Å²) in [4.78, 5) is 0.953. The summed E-state index contributed by atoms with van der Waals surface area (Å²) in [6.07, 6.45) is -4.28. The molecule has 2 atom stereocenters. The van der Waals surface area contributed by atoms with Crippen LogP contribution in [0.5, 0.6) is 5.75 Å². The largest absolute Gasteiger partial charge is 0.497 e. The van der Waals surface area contributed by atoms with Crippen molar-refractivity contribution in [2.75, 3.05) is 12.4 Å². The van der Waals surface area contributed by atoms with Crippen molar-refractivity contribution in [1.29, 1.82) is 0 Å². The summed E-state index contributed by atoms with van der Waals surface area (Å²) in [7, 11) is 1.55. The molecule has 1 N–H and O–H groups in total. The highest BCUT2D eigenvalue weighted by Gasteiger charge is 2.44. The Bertz CT molecular complexity index is 675. The van der Waals surface area contributed by atoms with Crippen LogP contribution in [0.15, 0.2) is 53.4 Å². The fraction of sp³-hybridized carbons (Fsp3) is 0.294. The second kappa shape index (κ2) is 6.35. The van der Waals surface area contributed by atoms with Gasteiger partial charge in [0.15, 0.2) is 0 Å². The summed E-state index contributed by atoms with van der Waals surface area (Å²) >= 11 is 1.45. The number of alkyl halides is 3. The lowest BCUT2D eigenvalue weighted by Crippen LogP contribution is -2.40. The number of rotatable bonds is 3. The molecule has 1 heterocycles. The summed E-state index contributed by atoms with van der Waals surface area (Å²) in [5.74, 6) is 0.648. The molecule has 1 aliphatic heterocycles. The highest BCUT2D eigenvalue weighted by atomic mass is 32.2. The lowest BCUT2D eigenvalue weighted by atomic mass is 9.97. The third kappa shape index (κ3) is 3.58. The van der Waals surface area contributed by atoms with Gasteiger partial charge in [-0.3, -0.25) is 0 Å². The number of ether oxygens (including phenoxy) is 1. The molecule has 23 heavy (non-hydrogen) atoms. The average Bonchev–Trinajstić information content (AvgIpc) is 2.54. The van der Waals surface area contributed by atoms with Crippen LogP contribution in [0.3, 0.4) is 0 Å². The Morgan fingerprint density at radius 1 is 1.13 bits per heavy atom. The zero-order chi connectivity index (χ0) is 16.4. The maximum absolute atomic E-state index is 13.2. The van der Waals surface area contributed by atoms with E-state index in [2.05, 4.69) is 5.32 Å². The molecular formula is C17H16F3NOS. The van der Waals surface area contributed by atoms with Crippen LogP contribution in [0.1, 0.15) is 17.2 Å². The molecule has 122 valence electrons. The smallest absolute Gasteiger partial charge is 0.408 e. The van der Waals surface area contributed by atoms with Crippen LogP contribution in [-0.2, 0) is 0 Å². The van der Waals surface area contributed by atoms with Gasteiger partial charge in [0.2, 0.25) is 0 Å². The predicted molar refractivity (Wildman–Crippen MR) is 86.1 cm³/mol. The number of methoxy groups -OCH3 is 1. The van der Waals surface area contributed by atoms with E-state index in [-0.39, 0.29) is 11.7 Å². The van der Waals surface area contributed by atoms with Gasteiger partial charge in [0.25, 0.3) is 0 Å². The topological polar surface area (TPSA) is 21.3 Å². The lowest BCUT2D eigenvalue weighted by Gasteiger charge is -2.34. The Morgan fingerprint density at radius 2 is 1.87 bits per heavy atom. The first-order chi connectivity index (χ1) is 11.0. The van der Waals surface area contributed by atoms with Gasteiger partial charge in [-0.2, -0.15) is 13.2 Å². The molecule has 0 saturated carbocycles. The zero-order valence-corrected chi connectivity index (χ0v) is 13.2. The molecule has 0 aromatic heterocycles. The van der Waals surface area contributed by atoms with Gasteiger partial charge >= 0.3 is 6.18 Å². The normalized spacial score (nSPS) is 20.5. The molecule has 0 aliphatic carbocycles. The van der Waals surface area contributed by atoms with Gasteiger partial charge in [0, 0.05) is 15.8 Å². The molecule has 0 bridgehead atoms. The summed E-state index contributed by atoms with van der Waals surface area (Å²) < 4.78 is 44.8. The van der Waals surface area contributed by atoms with E-state index in [9.17, 15) is 13.2 Å². The molecule has 0 radical (unpaired) electrons. The Morgan fingerprint density at radius 3 is 2.52 bits per heavy atom. The Balaban J connectivity index is 1.95. The van der Waals surface area contributed by atoms with E-state index in [1.807, 2.05) is 36.4 Å². The van der Waals surface area contributed by atoms with Gasteiger partial charge < -0.3 is 10.1 Å². The minimum Gasteiger partial charge on any atom is -0.497 e. The molecule has 1 aliphatic rings. The number of anilines is 1. The van der Waals surface area contributed by atoms with Crippen LogP contribution < -0.4 is 10.1 Å². The third-order valence-corrected chi connectivity index (χ3v) is 5.08. The standard InChI is InChI=1S/C17H16F3NOS/c1-22-11-7-8-14-13(9-11)15(10-16(21-14)17(18,19)20)23-12-5-3-2-4-6-12/h2-9,15-16,21H,10H2,1H3/t15-,16-/m1/s1. The van der Waals surface area contributed by atoms with Crippen molar-refractivity contribution in [2.24, 2.45) is 0 Å². The van der Waals surface area contributed by atoms with Crippen LogP contribution >= 0.6 is 11.8 Å². The Kier molecular flexibility index (Phi) is 4.43. The molecule has 0 unspecified atom stereocenters. The van der Waals surface area contributed by atoms with Crippen molar-refractivity contribution in [1.82, 2.24) is 0 Å². The summed E-state index contributed by atoms with van der Waals surface area (Å²) in [6, 6.07) is 13.1. The quantitative estimate of drug-likeness (QED) is 0.822. The molecule has 6 heteroatoms. The van der Waals surface area contributed by atoms with Crippen LogP contribution in [0.4, 0.5) is 18.9 Å². The summed E-state index contributed by atoms with van der Waals surface area (Å²) in [5, 5.41) is 2.33. The fourth-order valence-electron chi connectivity index (χ4n) is 2.64. The first-order valence-electron chi connectivity index (χ1n) is 7.20. The van der Waals surface area contributed by atoms with E-state index < -0.39 is 12.2 Å². The number of benzene rings is 2. The average molecular weight is 339 g/mol. The second-order valence-electron chi connectivity index (χ2n) is 5.35. The third-order valence-electron chi connectivity index (χ3n) is 3.80. The summed E-state index contributed by atoms with van der Waals surface area (Å²) in [6.45, 7) is 0. The maximum Gasteiger partial charge on any atom is 0.408 e. The molecule has 2 aromatic carbocycles. The Labute approximate surface area is 137 Å². The van der Waals surface area contributed by atoms with E-state index >= 15 is 0 Å². The maximum atomic E-state index is 13.2. The first kappa shape index (κ1) is 16.1. The van der Waals surface area contributed by atoms with E-state index in [1.165, 1.54) is 11.8 Å². The number of fused-ring (bicyclic) bond motifs is 1. The van der Waals surface area contributed by atoms with Gasteiger partial charge in [-0.05, 0) is 42.3 Å². The van der Waals surface area contributed by atoms with Crippen LogP contribution in [0.2, 0.25) is 0 Å². The van der Waals surface area contributed by atoms with Crippen molar-refractivity contribution in [3.05, 3.63) is 54.1 Å². The highest BCUT2D eigenvalue weighted by molar-refractivity contribution is 7.99. The van der Waals surface area contributed by atoms with Gasteiger partial charge in [-0.25, -0.2) is 0 Å². The molecule has 0 fully saturated rings. The summed E-state index contributed by atoms with van der Waals surface area (Å²) in [5.41, 5.74) is 1.37. The van der Waals surface area contributed by atoms with Crippen molar-refractivity contribution in [3.8, 4) is 5.75 Å². The van der Waals surface area contributed by atoms with E-state index in [1.54, 1.807) is 19.2 Å². The van der Waals surface area contributed by atoms with Crippen LogP contribution in [-0.4, -0.2) is 19.3 Å². The molecular weight excluding hydrogens is 323 g/mol. The lowest BCUT2D eigenvalue weighted by molar-refractivity contribution is -0.144. The first-order valence-corrected chi connectivity index (χ1v) is 8.08. The zero-order valence-electron chi connectivity index (χ0n) is 12.4. The predicted octanol–water partition coefficient (Wildman–Crippen LogP) is 5.28. The molecule has 0 spiro atoms. The van der Waals surface area contributed by atoms with Crippen molar-refractivity contribution in [3.63, 3.8) is 0 Å². The second-order valence-corrected chi connectivity index (χ2v) is 6.62. The fourth-order valence-corrected chi connectivity index (χ4v) is 3.90. The number of thioether (sulfide) groups is 1. The highest BCUT2D eigenvalue weighted by Crippen LogP contribution is 2.48. The number of hydrogen-bond donors (Lipinski definition) is 1. The molecule has 0 amide bonds. The molecule has 2 nitrogen and oxygen atoms in total. The van der Waals surface area contributed by atoms with Crippen molar-refractivity contribution in [2.45, 2.75) is 28.8 Å². The number of halogens is 3. The van der Waals surface area contributed by atoms with Gasteiger partial charge in [0.05, 0.1) is 7.11 Å². The van der Waals surface area contributed by atoms with Gasteiger partial charge in [-0.15, -0.1) is 11.8 Å². The SMILES string of the molecule is COc1ccc2c(c1)[C@H](Sc1ccccc1)C[C@H](C(F)(F)F)N2. The molecule has 2 aromatic rings. The minimum atomic E-state index is -4.27. The molecule has 3 rings (SSSR count). The van der Waals surface area contributed by atoms with Crippen LogP contribution in [0.25, 0.3) is 0 Å². The number of hydrogen-bond acceptors (Lipinski definition) is 3. The number of nitrogens with one attached hydrogen (secondary N) is 1. The van der Waals surface area contributed by atoms with Gasteiger partial charge in [0.1, 0.15) is 11.8 Å². The van der Waals surface area contributed by atoms with Gasteiger partial charge in [-0.1, -0.05) is 18.2 Å². The van der Waals surface area contributed by atoms with E-state index in [0.29, 0.717) is 11.4 Å². The van der Waals surface area contributed by atoms with Crippen molar-refractivity contribution < 1.29 is 17.9 Å². The van der Waals surface area contributed by atoms with E-state index in [4.69, 9.17) is 4.74 Å². The monoisotopic (exact) mass is 339 g/mol. The van der Waals surface area contributed by atoms with Crippen LogP contribution in [0, 0.1) is 0 Å². The minimum absolute atomic E-state index is 0.0107. The molecule has 0 saturated heterocycles.